The van der Waals surface area contributed by atoms with E-state index in [9.17, 15) is 0 Å². The van der Waals surface area contributed by atoms with Gasteiger partial charge in [0.2, 0.25) is 0 Å². The Labute approximate surface area is 84.2 Å². The van der Waals surface area contributed by atoms with Gasteiger partial charge in [0.1, 0.15) is 5.69 Å². The average Bonchev–Trinajstić information content (AvgIpc) is 2.53. The molecule has 66 valence electrons. The highest BCUT2D eigenvalue weighted by molar-refractivity contribution is 7.19. The zero-order chi connectivity index (χ0) is 9.26. The predicted molar refractivity (Wildman–Crippen MR) is 54.8 cm³/mol. The Hall–Kier alpha value is -1.13. The van der Waals surface area contributed by atoms with E-state index in [2.05, 4.69) is 9.97 Å². The summed E-state index contributed by atoms with van der Waals surface area (Å²) in [5.41, 5.74) is 6.35. The summed E-state index contributed by atoms with van der Waals surface area (Å²) in [5, 5.41) is 0. The van der Waals surface area contributed by atoms with Crippen molar-refractivity contribution in [1.29, 1.82) is 0 Å². The van der Waals surface area contributed by atoms with Crippen molar-refractivity contribution in [3.63, 3.8) is 0 Å². The monoisotopic (exact) mass is 211 g/mol. The second kappa shape index (κ2) is 3.32. The minimum absolute atomic E-state index is 0.431. The van der Waals surface area contributed by atoms with Crippen LogP contribution < -0.4 is 5.73 Å². The smallest absolute Gasteiger partial charge is 0.150 e. The van der Waals surface area contributed by atoms with Crippen LogP contribution in [0.15, 0.2) is 24.5 Å². The number of halogens is 1. The van der Waals surface area contributed by atoms with E-state index in [1.54, 1.807) is 12.4 Å². The summed E-state index contributed by atoms with van der Waals surface area (Å²) in [7, 11) is 0. The molecule has 0 bridgehead atoms. The predicted octanol–water partition coefficient (Wildman–Crippen LogP) is 2.44. The van der Waals surface area contributed by atoms with Crippen LogP contribution in [0.2, 0.25) is 4.34 Å². The fraction of sp³-hybridized carbons (Fsp3) is 0. The zero-order valence-electron chi connectivity index (χ0n) is 6.57. The van der Waals surface area contributed by atoms with Crippen LogP contribution in [0.5, 0.6) is 0 Å². The number of nitrogens with zero attached hydrogens (tertiary/aromatic N) is 2. The largest absolute Gasteiger partial charge is 0.382 e. The fourth-order valence-electron chi connectivity index (χ4n) is 0.980. The van der Waals surface area contributed by atoms with E-state index in [4.69, 9.17) is 17.3 Å². The molecule has 0 fully saturated rings. The number of nitrogen functional groups attached to an aromatic ring is 1. The van der Waals surface area contributed by atoms with Crippen LogP contribution in [0.4, 0.5) is 5.82 Å². The molecule has 0 aliphatic rings. The van der Waals surface area contributed by atoms with E-state index >= 15 is 0 Å². The summed E-state index contributed by atoms with van der Waals surface area (Å²) in [6.45, 7) is 0. The summed E-state index contributed by atoms with van der Waals surface area (Å²) in [6.07, 6.45) is 3.17. The third-order valence-electron chi connectivity index (χ3n) is 1.53. The molecule has 0 radical (unpaired) electrons. The van der Waals surface area contributed by atoms with Crippen molar-refractivity contribution in [3.05, 3.63) is 28.9 Å². The van der Waals surface area contributed by atoms with Gasteiger partial charge in [0.05, 0.1) is 9.21 Å². The maximum absolute atomic E-state index is 5.79. The number of thiophene rings is 1. The number of nitrogens with two attached hydrogens (primary N) is 1. The van der Waals surface area contributed by atoms with Gasteiger partial charge in [-0.3, -0.25) is 0 Å². The van der Waals surface area contributed by atoms with E-state index in [1.807, 2.05) is 12.1 Å². The Morgan fingerprint density at radius 3 is 2.62 bits per heavy atom. The lowest BCUT2D eigenvalue weighted by Crippen LogP contribution is -1.94. The lowest BCUT2D eigenvalue weighted by molar-refractivity contribution is 1.22. The van der Waals surface area contributed by atoms with E-state index in [0.29, 0.717) is 11.5 Å². The van der Waals surface area contributed by atoms with Gasteiger partial charge in [-0.25, -0.2) is 9.97 Å². The molecule has 2 aromatic rings. The molecule has 0 saturated heterocycles. The van der Waals surface area contributed by atoms with Crippen molar-refractivity contribution in [1.82, 2.24) is 9.97 Å². The zero-order valence-corrected chi connectivity index (χ0v) is 8.14. The fourth-order valence-corrected chi connectivity index (χ4v) is 2.03. The van der Waals surface area contributed by atoms with Crippen LogP contribution in [0.25, 0.3) is 10.6 Å². The van der Waals surface area contributed by atoms with Crippen molar-refractivity contribution >= 4 is 28.8 Å². The van der Waals surface area contributed by atoms with Crippen LogP contribution in [0, 0.1) is 0 Å². The molecule has 2 rings (SSSR count). The highest BCUT2D eigenvalue weighted by Gasteiger charge is 2.06. The Balaban J connectivity index is 2.52. The number of anilines is 1. The molecule has 0 aliphatic heterocycles. The molecule has 2 aromatic heterocycles. The average molecular weight is 212 g/mol. The van der Waals surface area contributed by atoms with Gasteiger partial charge in [0.25, 0.3) is 0 Å². The molecule has 0 amide bonds. The summed E-state index contributed by atoms with van der Waals surface area (Å²) in [5.74, 6) is 0.431. The molecule has 13 heavy (non-hydrogen) atoms. The first kappa shape index (κ1) is 8.47. The number of aromatic nitrogens is 2. The van der Waals surface area contributed by atoms with Crippen LogP contribution in [-0.2, 0) is 0 Å². The Morgan fingerprint density at radius 1 is 1.23 bits per heavy atom. The van der Waals surface area contributed by atoms with Crippen molar-refractivity contribution in [2.45, 2.75) is 0 Å². The molecule has 0 saturated carbocycles. The van der Waals surface area contributed by atoms with Crippen LogP contribution in [0.1, 0.15) is 0 Å². The molecular weight excluding hydrogens is 206 g/mol. The minimum atomic E-state index is 0.431. The van der Waals surface area contributed by atoms with Gasteiger partial charge in [-0.2, -0.15) is 0 Å². The van der Waals surface area contributed by atoms with Crippen LogP contribution >= 0.6 is 22.9 Å². The molecule has 2 N–H and O–H groups in total. The van der Waals surface area contributed by atoms with E-state index in [0.717, 1.165) is 9.21 Å². The second-order valence-electron chi connectivity index (χ2n) is 2.39. The van der Waals surface area contributed by atoms with Gasteiger partial charge >= 0.3 is 0 Å². The quantitative estimate of drug-likeness (QED) is 0.788. The van der Waals surface area contributed by atoms with Gasteiger partial charge < -0.3 is 5.73 Å². The highest BCUT2D eigenvalue weighted by Crippen LogP contribution is 2.31. The van der Waals surface area contributed by atoms with Gasteiger partial charge in [0.15, 0.2) is 5.82 Å². The third-order valence-corrected chi connectivity index (χ3v) is 2.77. The first-order chi connectivity index (χ1) is 6.27. The van der Waals surface area contributed by atoms with Crippen LogP contribution in [-0.4, -0.2) is 9.97 Å². The molecule has 0 atom stereocenters. The summed E-state index contributed by atoms with van der Waals surface area (Å²) in [4.78, 5) is 9.01. The lowest BCUT2D eigenvalue weighted by Gasteiger charge is -1.98. The maximum atomic E-state index is 5.79. The summed E-state index contributed by atoms with van der Waals surface area (Å²) in [6, 6.07) is 3.70. The van der Waals surface area contributed by atoms with Crippen molar-refractivity contribution in [2.24, 2.45) is 0 Å². The number of hydrogen-bond donors (Lipinski definition) is 1. The Kier molecular flexibility index (Phi) is 2.16. The first-order valence-electron chi connectivity index (χ1n) is 3.59. The molecule has 5 heteroatoms. The normalized spacial score (nSPS) is 10.2. The third kappa shape index (κ3) is 1.64. The van der Waals surface area contributed by atoms with Gasteiger partial charge in [0, 0.05) is 12.4 Å². The van der Waals surface area contributed by atoms with E-state index in [1.165, 1.54) is 11.3 Å². The molecule has 0 unspecified atom stereocenters. The van der Waals surface area contributed by atoms with Crippen molar-refractivity contribution in [3.8, 4) is 10.6 Å². The highest BCUT2D eigenvalue weighted by atomic mass is 35.5. The topological polar surface area (TPSA) is 51.8 Å². The number of hydrogen-bond acceptors (Lipinski definition) is 4. The van der Waals surface area contributed by atoms with E-state index < -0.39 is 0 Å². The maximum Gasteiger partial charge on any atom is 0.150 e. The van der Waals surface area contributed by atoms with Crippen LogP contribution in [0.3, 0.4) is 0 Å². The SMILES string of the molecule is Nc1nccnc1-c1ccc(Cl)s1. The molecule has 0 aliphatic carbocycles. The molecule has 0 aromatic carbocycles. The second-order valence-corrected chi connectivity index (χ2v) is 4.11. The molecule has 2 heterocycles. The number of rotatable bonds is 1. The van der Waals surface area contributed by atoms with E-state index in [-0.39, 0.29) is 0 Å². The lowest BCUT2D eigenvalue weighted by atomic mass is 10.3. The molecule has 0 spiro atoms. The molecule has 3 nitrogen and oxygen atoms in total. The summed E-state index contributed by atoms with van der Waals surface area (Å²) < 4.78 is 0.722. The standard InChI is InChI=1S/C8H6ClN3S/c9-6-2-1-5(13-6)7-8(10)12-4-3-11-7/h1-4H,(H2,10,12). The van der Waals surface area contributed by atoms with Gasteiger partial charge in [-0.15, -0.1) is 11.3 Å². The Bertz CT molecular complexity index is 427. The van der Waals surface area contributed by atoms with Crippen molar-refractivity contribution < 1.29 is 0 Å². The van der Waals surface area contributed by atoms with Gasteiger partial charge in [-0.1, -0.05) is 11.6 Å². The Morgan fingerprint density at radius 2 is 2.00 bits per heavy atom. The first-order valence-corrected chi connectivity index (χ1v) is 4.79. The summed E-state index contributed by atoms with van der Waals surface area (Å²) >= 11 is 7.23. The minimum Gasteiger partial charge on any atom is -0.382 e. The molecular formula is C8H6ClN3S. The van der Waals surface area contributed by atoms with Crippen molar-refractivity contribution in [2.75, 3.05) is 5.73 Å². The van der Waals surface area contributed by atoms with Gasteiger partial charge in [-0.05, 0) is 12.1 Å².